The van der Waals surface area contributed by atoms with Crippen LogP contribution in [0, 0.1) is 5.82 Å². The van der Waals surface area contributed by atoms with Gasteiger partial charge in [0.15, 0.2) is 17.3 Å². The van der Waals surface area contributed by atoms with E-state index >= 15 is 0 Å². The van der Waals surface area contributed by atoms with Crippen molar-refractivity contribution in [2.75, 3.05) is 33.3 Å². The standard InChI is InChI=1S/C22H23FN2O3/c1-27-20-13-16(7-8-18(20)23)15-24-9-4-10-25(12-11-24)22(26)21-14-17-5-2-3-6-19(17)28-21/h2-3,5-8,13-14H,4,9-12,15H2,1H3. The molecule has 0 aliphatic carbocycles. The Morgan fingerprint density at radius 2 is 1.96 bits per heavy atom. The monoisotopic (exact) mass is 382 g/mol. The van der Waals surface area contributed by atoms with Gasteiger partial charge in [-0.05, 0) is 36.2 Å². The predicted molar refractivity (Wildman–Crippen MR) is 105 cm³/mol. The van der Waals surface area contributed by atoms with Crippen LogP contribution in [-0.2, 0) is 6.54 Å². The van der Waals surface area contributed by atoms with Crippen molar-refractivity contribution in [3.8, 4) is 5.75 Å². The summed E-state index contributed by atoms with van der Waals surface area (Å²) in [5.74, 6) is 0.221. The molecule has 0 N–H and O–H groups in total. The molecule has 28 heavy (non-hydrogen) atoms. The van der Waals surface area contributed by atoms with E-state index in [-0.39, 0.29) is 17.5 Å². The van der Waals surface area contributed by atoms with E-state index in [0.717, 1.165) is 36.0 Å². The van der Waals surface area contributed by atoms with Crippen LogP contribution in [0.4, 0.5) is 4.39 Å². The molecule has 6 heteroatoms. The Morgan fingerprint density at radius 3 is 2.79 bits per heavy atom. The number of hydrogen-bond donors (Lipinski definition) is 0. The van der Waals surface area contributed by atoms with Crippen LogP contribution in [0.5, 0.6) is 5.75 Å². The number of furan rings is 1. The zero-order valence-electron chi connectivity index (χ0n) is 15.9. The van der Waals surface area contributed by atoms with Crippen LogP contribution in [-0.4, -0.2) is 49.0 Å². The summed E-state index contributed by atoms with van der Waals surface area (Å²) in [6, 6.07) is 14.4. The SMILES string of the molecule is COc1cc(CN2CCCN(C(=O)c3cc4ccccc4o3)CC2)ccc1F. The van der Waals surface area contributed by atoms with Gasteiger partial charge in [0.2, 0.25) is 0 Å². The van der Waals surface area contributed by atoms with Gasteiger partial charge in [-0.25, -0.2) is 4.39 Å². The third-order valence-corrected chi connectivity index (χ3v) is 5.13. The highest BCUT2D eigenvalue weighted by atomic mass is 19.1. The predicted octanol–water partition coefficient (Wildman–Crippen LogP) is 3.93. The number of ether oxygens (including phenoxy) is 1. The van der Waals surface area contributed by atoms with Crippen molar-refractivity contribution in [1.82, 2.24) is 9.80 Å². The average Bonchev–Trinajstić information content (AvgIpc) is 3.02. The Bertz CT molecular complexity index is 952. The van der Waals surface area contributed by atoms with Crippen molar-refractivity contribution >= 4 is 16.9 Å². The number of amides is 1. The second-order valence-electron chi connectivity index (χ2n) is 7.04. The minimum Gasteiger partial charge on any atom is -0.494 e. The largest absolute Gasteiger partial charge is 0.494 e. The lowest BCUT2D eigenvalue weighted by atomic mass is 10.2. The van der Waals surface area contributed by atoms with Crippen LogP contribution in [0.3, 0.4) is 0 Å². The molecule has 146 valence electrons. The van der Waals surface area contributed by atoms with Crippen molar-refractivity contribution < 1.29 is 18.3 Å². The lowest BCUT2D eigenvalue weighted by Gasteiger charge is -2.21. The van der Waals surface area contributed by atoms with E-state index in [1.165, 1.54) is 13.2 Å². The van der Waals surface area contributed by atoms with Crippen molar-refractivity contribution in [1.29, 1.82) is 0 Å². The van der Waals surface area contributed by atoms with E-state index in [0.29, 0.717) is 25.4 Å². The topological polar surface area (TPSA) is 45.9 Å². The summed E-state index contributed by atoms with van der Waals surface area (Å²) in [5.41, 5.74) is 1.72. The number of para-hydroxylation sites is 1. The molecule has 0 bridgehead atoms. The molecule has 1 fully saturated rings. The Labute approximate surface area is 163 Å². The van der Waals surface area contributed by atoms with Gasteiger partial charge in [-0.1, -0.05) is 24.3 Å². The molecule has 3 aromatic rings. The minimum atomic E-state index is -0.357. The highest BCUT2D eigenvalue weighted by Gasteiger charge is 2.23. The number of nitrogens with zero attached hydrogens (tertiary/aromatic N) is 2. The molecule has 0 atom stereocenters. The van der Waals surface area contributed by atoms with Gasteiger partial charge in [-0.3, -0.25) is 9.69 Å². The number of rotatable bonds is 4. The zero-order valence-corrected chi connectivity index (χ0v) is 15.9. The van der Waals surface area contributed by atoms with E-state index in [9.17, 15) is 9.18 Å². The first-order valence-electron chi connectivity index (χ1n) is 9.46. The fraction of sp³-hybridized carbons (Fsp3) is 0.318. The van der Waals surface area contributed by atoms with Crippen LogP contribution < -0.4 is 4.74 Å². The number of hydrogen-bond acceptors (Lipinski definition) is 4. The quantitative estimate of drug-likeness (QED) is 0.686. The molecule has 0 saturated carbocycles. The fourth-order valence-corrected chi connectivity index (χ4v) is 3.64. The molecule has 5 nitrogen and oxygen atoms in total. The second kappa shape index (κ2) is 8.02. The van der Waals surface area contributed by atoms with Crippen LogP contribution in [0.25, 0.3) is 11.0 Å². The molecule has 2 aromatic carbocycles. The van der Waals surface area contributed by atoms with E-state index in [2.05, 4.69) is 4.90 Å². The molecule has 1 aliphatic heterocycles. The Hall–Kier alpha value is -2.86. The van der Waals surface area contributed by atoms with Gasteiger partial charge in [0.25, 0.3) is 5.91 Å². The first-order valence-corrected chi connectivity index (χ1v) is 9.46. The van der Waals surface area contributed by atoms with E-state index in [4.69, 9.17) is 9.15 Å². The van der Waals surface area contributed by atoms with Gasteiger partial charge in [0.1, 0.15) is 5.58 Å². The Kier molecular flexibility index (Phi) is 5.30. The van der Waals surface area contributed by atoms with Gasteiger partial charge >= 0.3 is 0 Å². The first kappa shape index (κ1) is 18.5. The average molecular weight is 382 g/mol. The van der Waals surface area contributed by atoms with Crippen LogP contribution in [0.1, 0.15) is 22.5 Å². The third-order valence-electron chi connectivity index (χ3n) is 5.13. The lowest BCUT2D eigenvalue weighted by molar-refractivity contribution is 0.0731. The van der Waals surface area contributed by atoms with E-state index in [1.807, 2.05) is 35.2 Å². The van der Waals surface area contributed by atoms with Gasteiger partial charge in [-0.15, -0.1) is 0 Å². The third kappa shape index (κ3) is 3.87. The number of fused-ring (bicyclic) bond motifs is 1. The number of carbonyl (C=O) groups is 1. The van der Waals surface area contributed by atoms with Gasteiger partial charge in [-0.2, -0.15) is 0 Å². The molecule has 1 aliphatic rings. The summed E-state index contributed by atoms with van der Waals surface area (Å²) in [4.78, 5) is 17.0. The van der Waals surface area contributed by atoms with E-state index < -0.39 is 0 Å². The van der Waals surface area contributed by atoms with Crippen LogP contribution in [0.2, 0.25) is 0 Å². The Morgan fingerprint density at radius 1 is 1.11 bits per heavy atom. The molecular weight excluding hydrogens is 359 g/mol. The summed E-state index contributed by atoms with van der Waals surface area (Å²) in [6.45, 7) is 3.66. The van der Waals surface area contributed by atoms with Crippen LogP contribution >= 0.6 is 0 Å². The van der Waals surface area contributed by atoms with Crippen LogP contribution in [0.15, 0.2) is 52.9 Å². The first-order chi connectivity index (χ1) is 13.6. The highest BCUT2D eigenvalue weighted by molar-refractivity contribution is 5.96. The van der Waals surface area contributed by atoms with E-state index in [1.54, 1.807) is 12.1 Å². The maximum atomic E-state index is 13.6. The van der Waals surface area contributed by atoms with Gasteiger partial charge in [0.05, 0.1) is 7.11 Å². The smallest absolute Gasteiger partial charge is 0.289 e. The molecule has 1 saturated heterocycles. The zero-order chi connectivity index (χ0) is 19.5. The molecule has 0 unspecified atom stereocenters. The molecule has 0 radical (unpaired) electrons. The van der Waals surface area contributed by atoms with Crippen molar-refractivity contribution in [2.24, 2.45) is 0 Å². The molecule has 1 aromatic heterocycles. The lowest BCUT2D eigenvalue weighted by Crippen LogP contribution is -2.34. The normalized spacial score (nSPS) is 15.6. The Balaban J connectivity index is 1.41. The number of carbonyl (C=O) groups excluding carboxylic acids is 1. The fourth-order valence-electron chi connectivity index (χ4n) is 3.64. The van der Waals surface area contributed by atoms with Crippen molar-refractivity contribution in [3.63, 3.8) is 0 Å². The minimum absolute atomic E-state index is 0.0681. The summed E-state index contributed by atoms with van der Waals surface area (Å²) in [6.07, 6.45) is 0.879. The summed E-state index contributed by atoms with van der Waals surface area (Å²) in [7, 11) is 1.47. The highest BCUT2D eigenvalue weighted by Crippen LogP contribution is 2.22. The maximum absolute atomic E-state index is 13.6. The number of halogens is 1. The maximum Gasteiger partial charge on any atom is 0.289 e. The van der Waals surface area contributed by atoms with Crippen molar-refractivity contribution in [2.45, 2.75) is 13.0 Å². The van der Waals surface area contributed by atoms with Gasteiger partial charge in [0, 0.05) is 38.1 Å². The molecule has 2 heterocycles. The molecule has 1 amide bonds. The summed E-state index contributed by atoms with van der Waals surface area (Å²) in [5, 5.41) is 0.938. The molecule has 0 spiro atoms. The second-order valence-corrected chi connectivity index (χ2v) is 7.04. The number of benzene rings is 2. The van der Waals surface area contributed by atoms with Crippen molar-refractivity contribution in [3.05, 3.63) is 65.7 Å². The molecule has 4 rings (SSSR count). The summed E-state index contributed by atoms with van der Waals surface area (Å²) >= 11 is 0. The molecular formula is C22H23FN2O3. The van der Waals surface area contributed by atoms with Gasteiger partial charge < -0.3 is 14.1 Å². The number of methoxy groups -OCH3 is 1. The summed E-state index contributed by atoms with van der Waals surface area (Å²) < 4.78 is 24.4.